The molecule has 1 aliphatic rings. The SMILES string of the molecule is Cc1noc(C)c1CN1CCCC(c2ccccc2)(c2ccccc2)C1. The number of nitrogens with zero attached hydrogens (tertiary/aromatic N) is 2. The average molecular weight is 346 g/mol. The highest BCUT2D eigenvalue weighted by molar-refractivity contribution is 5.40. The molecule has 134 valence electrons. The summed E-state index contributed by atoms with van der Waals surface area (Å²) in [4.78, 5) is 2.57. The van der Waals surface area contributed by atoms with Crippen LogP contribution in [-0.2, 0) is 12.0 Å². The molecule has 0 saturated carbocycles. The van der Waals surface area contributed by atoms with Crippen molar-refractivity contribution in [3.8, 4) is 0 Å². The third kappa shape index (κ3) is 3.08. The number of likely N-dealkylation sites (tertiary alicyclic amines) is 1. The van der Waals surface area contributed by atoms with Crippen molar-refractivity contribution >= 4 is 0 Å². The molecular formula is C23H26N2O. The van der Waals surface area contributed by atoms with Gasteiger partial charge in [-0.3, -0.25) is 4.90 Å². The van der Waals surface area contributed by atoms with Crippen molar-refractivity contribution in [2.45, 2.75) is 38.6 Å². The largest absolute Gasteiger partial charge is 0.361 e. The van der Waals surface area contributed by atoms with E-state index in [0.29, 0.717) is 0 Å². The van der Waals surface area contributed by atoms with Gasteiger partial charge in [0.05, 0.1) is 5.69 Å². The predicted octanol–water partition coefficient (Wildman–Crippen LogP) is 4.87. The fourth-order valence-electron chi connectivity index (χ4n) is 4.38. The lowest BCUT2D eigenvalue weighted by molar-refractivity contribution is 0.160. The van der Waals surface area contributed by atoms with E-state index in [-0.39, 0.29) is 5.41 Å². The second-order valence-electron chi connectivity index (χ2n) is 7.43. The van der Waals surface area contributed by atoms with Gasteiger partial charge in [-0.1, -0.05) is 65.8 Å². The fourth-order valence-corrected chi connectivity index (χ4v) is 4.38. The van der Waals surface area contributed by atoms with Crippen LogP contribution in [0.4, 0.5) is 0 Å². The monoisotopic (exact) mass is 346 g/mol. The maximum Gasteiger partial charge on any atom is 0.138 e. The number of aryl methyl sites for hydroxylation is 2. The molecule has 0 amide bonds. The maximum atomic E-state index is 5.38. The Labute approximate surface area is 155 Å². The number of benzene rings is 2. The summed E-state index contributed by atoms with van der Waals surface area (Å²) < 4.78 is 5.38. The molecule has 3 nitrogen and oxygen atoms in total. The third-order valence-corrected chi connectivity index (χ3v) is 5.79. The Morgan fingerprint density at radius 1 is 0.962 bits per heavy atom. The minimum absolute atomic E-state index is 0.0414. The zero-order chi connectivity index (χ0) is 18.0. The molecule has 3 aromatic rings. The van der Waals surface area contributed by atoms with E-state index in [1.165, 1.54) is 29.5 Å². The molecule has 0 bridgehead atoms. The van der Waals surface area contributed by atoms with Gasteiger partial charge in [-0.15, -0.1) is 0 Å². The Kier molecular flexibility index (Phi) is 4.64. The first-order valence-electron chi connectivity index (χ1n) is 9.44. The van der Waals surface area contributed by atoms with E-state index in [1.807, 2.05) is 13.8 Å². The minimum atomic E-state index is 0.0414. The first-order valence-corrected chi connectivity index (χ1v) is 9.44. The molecule has 2 heterocycles. The van der Waals surface area contributed by atoms with Crippen LogP contribution < -0.4 is 0 Å². The van der Waals surface area contributed by atoms with Gasteiger partial charge in [-0.2, -0.15) is 0 Å². The zero-order valence-corrected chi connectivity index (χ0v) is 15.6. The molecule has 0 unspecified atom stereocenters. The van der Waals surface area contributed by atoms with E-state index in [0.717, 1.165) is 31.1 Å². The van der Waals surface area contributed by atoms with Crippen LogP contribution >= 0.6 is 0 Å². The van der Waals surface area contributed by atoms with Gasteiger partial charge < -0.3 is 4.52 Å². The van der Waals surface area contributed by atoms with Gasteiger partial charge in [0, 0.05) is 24.1 Å². The van der Waals surface area contributed by atoms with Crippen LogP contribution in [0.1, 0.15) is 41.0 Å². The van der Waals surface area contributed by atoms with Gasteiger partial charge in [0.25, 0.3) is 0 Å². The highest BCUT2D eigenvalue weighted by Crippen LogP contribution is 2.40. The van der Waals surface area contributed by atoms with E-state index in [2.05, 4.69) is 70.7 Å². The number of aromatic nitrogens is 1. The molecule has 1 fully saturated rings. The Bertz CT molecular complexity index is 795. The summed E-state index contributed by atoms with van der Waals surface area (Å²) in [5.74, 6) is 0.943. The first-order chi connectivity index (χ1) is 12.7. The molecular weight excluding hydrogens is 320 g/mol. The van der Waals surface area contributed by atoms with E-state index in [1.54, 1.807) is 0 Å². The molecule has 0 aliphatic carbocycles. The van der Waals surface area contributed by atoms with E-state index in [4.69, 9.17) is 4.52 Å². The molecule has 4 rings (SSSR count). The Morgan fingerprint density at radius 3 is 2.12 bits per heavy atom. The summed E-state index contributed by atoms with van der Waals surface area (Å²) in [7, 11) is 0. The predicted molar refractivity (Wildman–Crippen MR) is 104 cm³/mol. The summed E-state index contributed by atoms with van der Waals surface area (Å²) in [6.07, 6.45) is 2.37. The van der Waals surface area contributed by atoms with Crippen LogP contribution in [0.2, 0.25) is 0 Å². The molecule has 26 heavy (non-hydrogen) atoms. The molecule has 0 spiro atoms. The smallest absolute Gasteiger partial charge is 0.138 e. The number of rotatable bonds is 4. The van der Waals surface area contributed by atoms with Crippen molar-refractivity contribution in [2.75, 3.05) is 13.1 Å². The topological polar surface area (TPSA) is 29.3 Å². The normalized spacial score (nSPS) is 17.3. The lowest BCUT2D eigenvalue weighted by Crippen LogP contribution is -2.46. The standard InChI is InChI=1S/C23H26N2O/c1-18-22(19(2)26-24-18)16-25-15-9-14-23(17-25,20-10-5-3-6-11-20)21-12-7-4-8-13-21/h3-8,10-13H,9,14-17H2,1-2H3. The molecule has 0 N–H and O–H groups in total. The second-order valence-corrected chi connectivity index (χ2v) is 7.43. The summed E-state index contributed by atoms with van der Waals surface area (Å²) in [6, 6.07) is 22.0. The highest BCUT2D eigenvalue weighted by atomic mass is 16.5. The lowest BCUT2D eigenvalue weighted by atomic mass is 9.69. The quantitative estimate of drug-likeness (QED) is 0.675. The van der Waals surface area contributed by atoms with Crippen LogP contribution in [0.15, 0.2) is 65.2 Å². The van der Waals surface area contributed by atoms with Gasteiger partial charge in [0.15, 0.2) is 0 Å². The first kappa shape index (κ1) is 17.0. The van der Waals surface area contributed by atoms with Gasteiger partial charge >= 0.3 is 0 Å². The van der Waals surface area contributed by atoms with E-state index in [9.17, 15) is 0 Å². The molecule has 2 aromatic carbocycles. The van der Waals surface area contributed by atoms with E-state index < -0.39 is 0 Å². The number of hydrogen-bond donors (Lipinski definition) is 0. The summed E-state index contributed by atoms with van der Waals surface area (Å²) in [6.45, 7) is 7.09. The summed E-state index contributed by atoms with van der Waals surface area (Å²) >= 11 is 0. The lowest BCUT2D eigenvalue weighted by Gasteiger charge is -2.44. The number of piperidine rings is 1. The van der Waals surface area contributed by atoms with Crippen LogP contribution in [0.3, 0.4) is 0 Å². The zero-order valence-electron chi connectivity index (χ0n) is 15.6. The average Bonchev–Trinajstić information content (AvgIpc) is 3.01. The van der Waals surface area contributed by atoms with E-state index >= 15 is 0 Å². The van der Waals surface area contributed by atoms with Gasteiger partial charge in [-0.05, 0) is 44.4 Å². The highest BCUT2D eigenvalue weighted by Gasteiger charge is 2.38. The van der Waals surface area contributed by atoms with Crippen molar-refractivity contribution in [1.82, 2.24) is 10.1 Å². The minimum Gasteiger partial charge on any atom is -0.361 e. The fraction of sp³-hybridized carbons (Fsp3) is 0.348. The summed E-state index contributed by atoms with van der Waals surface area (Å²) in [5.41, 5.74) is 5.11. The van der Waals surface area contributed by atoms with Crippen LogP contribution in [-0.4, -0.2) is 23.1 Å². The van der Waals surface area contributed by atoms with Crippen molar-refractivity contribution in [3.05, 3.63) is 88.8 Å². The molecule has 1 aliphatic heterocycles. The van der Waals surface area contributed by atoms with Crippen molar-refractivity contribution in [2.24, 2.45) is 0 Å². The van der Waals surface area contributed by atoms with Crippen LogP contribution in [0.5, 0.6) is 0 Å². The second kappa shape index (κ2) is 7.08. The maximum absolute atomic E-state index is 5.38. The molecule has 3 heteroatoms. The van der Waals surface area contributed by atoms with Crippen LogP contribution in [0, 0.1) is 13.8 Å². The van der Waals surface area contributed by atoms with Crippen molar-refractivity contribution in [1.29, 1.82) is 0 Å². The molecule has 0 radical (unpaired) electrons. The van der Waals surface area contributed by atoms with Gasteiger partial charge in [0.1, 0.15) is 5.76 Å². The Balaban J connectivity index is 1.70. The summed E-state index contributed by atoms with van der Waals surface area (Å²) in [5, 5.41) is 4.13. The Morgan fingerprint density at radius 2 is 1.58 bits per heavy atom. The van der Waals surface area contributed by atoms with Crippen LogP contribution in [0.25, 0.3) is 0 Å². The molecule has 1 saturated heterocycles. The molecule has 0 atom stereocenters. The third-order valence-electron chi connectivity index (χ3n) is 5.79. The Hall–Kier alpha value is -2.39. The number of hydrogen-bond acceptors (Lipinski definition) is 3. The van der Waals surface area contributed by atoms with Gasteiger partial charge in [0.2, 0.25) is 0 Å². The molecule has 1 aromatic heterocycles. The van der Waals surface area contributed by atoms with Crippen molar-refractivity contribution in [3.63, 3.8) is 0 Å². The van der Waals surface area contributed by atoms with Gasteiger partial charge in [-0.25, -0.2) is 0 Å². The van der Waals surface area contributed by atoms with Crippen molar-refractivity contribution < 1.29 is 4.52 Å².